The summed E-state index contributed by atoms with van der Waals surface area (Å²) in [7, 11) is 2.06. The number of hydrogen-bond donors (Lipinski definition) is 2. The molecule has 0 aromatic heterocycles. The van der Waals surface area contributed by atoms with Crippen molar-refractivity contribution in [2.75, 3.05) is 13.6 Å². The van der Waals surface area contributed by atoms with Crippen LogP contribution in [0.1, 0.15) is 40.0 Å². The van der Waals surface area contributed by atoms with Crippen LogP contribution in [0.5, 0.6) is 0 Å². The van der Waals surface area contributed by atoms with Crippen molar-refractivity contribution in [2.24, 2.45) is 5.73 Å². The quantitative estimate of drug-likeness (QED) is 0.673. The smallest absolute Gasteiger partial charge is 0.323 e. The highest BCUT2D eigenvalue weighted by molar-refractivity contribution is 5.77. The molecule has 0 saturated heterocycles. The number of aliphatic carboxylic acids is 1. The Morgan fingerprint density at radius 3 is 2.53 bits per heavy atom. The van der Waals surface area contributed by atoms with E-state index in [1.165, 1.54) is 0 Å². The van der Waals surface area contributed by atoms with E-state index < -0.39 is 11.5 Å². The second-order valence-corrected chi connectivity index (χ2v) is 4.56. The number of carbonyl (C=O) groups is 1. The summed E-state index contributed by atoms with van der Waals surface area (Å²) in [4.78, 5) is 13.0. The van der Waals surface area contributed by atoms with E-state index >= 15 is 0 Å². The molecule has 90 valence electrons. The molecule has 2 atom stereocenters. The lowest BCUT2D eigenvalue weighted by molar-refractivity contribution is -0.142. The number of carboxylic acid groups (broad SMARTS) is 1. The van der Waals surface area contributed by atoms with Crippen LogP contribution < -0.4 is 5.73 Å². The van der Waals surface area contributed by atoms with Gasteiger partial charge >= 0.3 is 5.97 Å². The van der Waals surface area contributed by atoms with Gasteiger partial charge in [0.2, 0.25) is 0 Å². The van der Waals surface area contributed by atoms with Gasteiger partial charge in [-0.1, -0.05) is 6.92 Å². The zero-order valence-electron chi connectivity index (χ0n) is 10.3. The molecule has 0 radical (unpaired) electrons. The SMILES string of the molecule is CCC(C)N(C)CCCC(C)(N)C(=O)O. The molecule has 0 aromatic rings. The van der Waals surface area contributed by atoms with E-state index in [0.29, 0.717) is 12.5 Å². The van der Waals surface area contributed by atoms with Gasteiger partial charge in [0.15, 0.2) is 0 Å². The predicted molar refractivity (Wildman–Crippen MR) is 61.8 cm³/mol. The van der Waals surface area contributed by atoms with Gasteiger partial charge in [-0.05, 0) is 46.7 Å². The zero-order valence-corrected chi connectivity index (χ0v) is 10.3. The Kier molecular flexibility index (Phi) is 5.83. The fourth-order valence-corrected chi connectivity index (χ4v) is 1.33. The Balaban J connectivity index is 3.84. The summed E-state index contributed by atoms with van der Waals surface area (Å²) in [6, 6.07) is 0.541. The van der Waals surface area contributed by atoms with Crippen LogP contribution in [0.4, 0.5) is 0 Å². The van der Waals surface area contributed by atoms with Crippen LogP contribution in [0, 0.1) is 0 Å². The summed E-state index contributed by atoms with van der Waals surface area (Å²) in [5.74, 6) is -0.923. The number of nitrogens with zero attached hydrogens (tertiary/aromatic N) is 1. The zero-order chi connectivity index (χ0) is 12.1. The first-order chi connectivity index (χ1) is 6.81. The molecule has 0 aliphatic carbocycles. The molecule has 0 heterocycles. The van der Waals surface area contributed by atoms with Crippen LogP contribution in [0.3, 0.4) is 0 Å². The van der Waals surface area contributed by atoms with Crippen LogP contribution in [-0.4, -0.2) is 41.1 Å². The van der Waals surface area contributed by atoms with E-state index in [-0.39, 0.29) is 0 Å². The maximum absolute atomic E-state index is 10.7. The van der Waals surface area contributed by atoms with E-state index in [1.54, 1.807) is 6.92 Å². The van der Waals surface area contributed by atoms with Crippen LogP contribution in [0.2, 0.25) is 0 Å². The van der Waals surface area contributed by atoms with Crippen molar-refractivity contribution in [1.82, 2.24) is 4.90 Å². The topological polar surface area (TPSA) is 66.6 Å². The highest BCUT2D eigenvalue weighted by atomic mass is 16.4. The van der Waals surface area contributed by atoms with Crippen molar-refractivity contribution in [3.05, 3.63) is 0 Å². The molecule has 0 spiro atoms. The molecule has 0 aromatic carbocycles. The summed E-state index contributed by atoms with van der Waals surface area (Å²) in [5, 5.41) is 8.82. The van der Waals surface area contributed by atoms with Gasteiger partial charge in [-0.15, -0.1) is 0 Å². The average Bonchev–Trinajstić information content (AvgIpc) is 2.15. The van der Waals surface area contributed by atoms with Gasteiger partial charge in [0, 0.05) is 6.04 Å². The summed E-state index contributed by atoms with van der Waals surface area (Å²) in [6.45, 7) is 6.78. The predicted octanol–water partition coefficient (Wildman–Crippen LogP) is 1.30. The Morgan fingerprint density at radius 1 is 1.60 bits per heavy atom. The van der Waals surface area contributed by atoms with Crippen molar-refractivity contribution in [1.29, 1.82) is 0 Å². The molecule has 0 aliphatic rings. The Hall–Kier alpha value is -0.610. The largest absolute Gasteiger partial charge is 0.480 e. The first kappa shape index (κ1) is 14.4. The molecule has 0 bridgehead atoms. The fraction of sp³-hybridized carbons (Fsp3) is 0.909. The van der Waals surface area contributed by atoms with Crippen molar-refractivity contribution in [3.63, 3.8) is 0 Å². The van der Waals surface area contributed by atoms with Crippen molar-refractivity contribution in [3.8, 4) is 0 Å². The lowest BCUT2D eigenvalue weighted by Crippen LogP contribution is -2.45. The lowest BCUT2D eigenvalue weighted by Gasteiger charge is -2.25. The summed E-state index contributed by atoms with van der Waals surface area (Å²) < 4.78 is 0. The van der Waals surface area contributed by atoms with E-state index in [4.69, 9.17) is 10.8 Å². The lowest BCUT2D eigenvalue weighted by atomic mass is 9.97. The molecule has 2 unspecified atom stereocenters. The van der Waals surface area contributed by atoms with Gasteiger partial charge in [-0.25, -0.2) is 0 Å². The third-order valence-corrected chi connectivity index (χ3v) is 3.04. The Labute approximate surface area is 92.4 Å². The molecule has 0 amide bonds. The molecular weight excluding hydrogens is 192 g/mol. The molecule has 4 nitrogen and oxygen atoms in total. The van der Waals surface area contributed by atoms with E-state index in [2.05, 4.69) is 25.8 Å². The highest BCUT2D eigenvalue weighted by Gasteiger charge is 2.27. The number of rotatable bonds is 7. The maximum Gasteiger partial charge on any atom is 0.323 e. The molecule has 4 heteroatoms. The Morgan fingerprint density at radius 2 is 2.13 bits per heavy atom. The first-order valence-electron chi connectivity index (χ1n) is 5.53. The van der Waals surface area contributed by atoms with Gasteiger partial charge in [0.1, 0.15) is 5.54 Å². The Bertz CT molecular complexity index is 205. The van der Waals surface area contributed by atoms with Gasteiger partial charge in [0.25, 0.3) is 0 Å². The maximum atomic E-state index is 10.7. The van der Waals surface area contributed by atoms with Gasteiger partial charge < -0.3 is 15.7 Å². The van der Waals surface area contributed by atoms with E-state index in [1.807, 2.05) is 0 Å². The minimum absolute atomic E-state index is 0.517. The molecule has 3 N–H and O–H groups in total. The van der Waals surface area contributed by atoms with Gasteiger partial charge in [-0.3, -0.25) is 4.79 Å². The number of carboxylic acids is 1. The van der Waals surface area contributed by atoms with E-state index in [0.717, 1.165) is 19.4 Å². The fourth-order valence-electron chi connectivity index (χ4n) is 1.33. The van der Waals surface area contributed by atoms with Crippen molar-refractivity contribution in [2.45, 2.75) is 51.6 Å². The third-order valence-electron chi connectivity index (χ3n) is 3.04. The van der Waals surface area contributed by atoms with Gasteiger partial charge in [-0.2, -0.15) is 0 Å². The molecule has 0 rings (SSSR count). The standard InChI is InChI=1S/C11H24N2O2/c1-5-9(2)13(4)8-6-7-11(3,12)10(14)15/h9H,5-8,12H2,1-4H3,(H,14,15). The van der Waals surface area contributed by atoms with Crippen LogP contribution in [0.15, 0.2) is 0 Å². The van der Waals surface area contributed by atoms with E-state index in [9.17, 15) is 4.79 Å². The second kappa shape index (κ2) is 6.08. The summed E-state index contributed by atoms with van der Waals surface area (Å²) in [5.41, 5.74) is 4.55. The highest BCUT2D eigenvalue weighted by Crippen LogP contribution is 2.10. The minimum atomic E-state index is -1.09. The molecule has 0 fully saturated rings. The van der Waals surface area contributed by atoms with Crippen LogP contribution in [-0.2, 0) is 4.79 Å². The van der Waals surface area contributed by atoms with Crippen LogP contribution >= 0.6 is 0 Å². The molecule has 15 heavy (non-hydrogen) atoms. The molecule has 0 saturated carbocycles. The van der Waals surface area contributed by atoms with Crippen molar-refractivity contribution >= 4 is 5.97 Å². The first-order valence-corrected chi connectivity index (χ1v) is 5.53. The summed E-state index contributed by atoms with van der Waals surface area (Å²) >= 11 is 0. The second-order valence-electron chi connectivity index (χ2n) is 4.56. The summed E-state index contributed by atoms with van der Waals surface area (Å²) in [6.07, 6.45) is 2.44. The number of nitrogens with two attached hydrogens (primary N) is 1. The monoisotopic (exact) mass is 216 g/mol. The number of hydrogen-bond acceptors (Lipinski definition) is 3. The van der Waals surface area contributed by atoms with Gasteiger partial charge in [0.05, 0.1) is 0 Å². The normalized spacial score (nSPS) is 17.5. The molecule has 0 aliphatic heterocycles. The van der Waals surface area contributed by atoms with Crippen molar-refractivity contribution < 1.29 is 9.90 Å². The van der Waals surface area contributed by atoms with Crippen LogP contribution in [0.25, 0.3) is 0 Å². The average molecular weight is 216 g/mol. The molecular formula is C11H24N2O2. The minimum Gasteiger partial charge on any atom is -0.480 e. The third kappa shape index (κ3) is 5.14.